The molecule has 2 rings (SSSR count). The van der Waals surface area contributed by atoms with Crippen LogP contribution in [0.1, 0.15) is 4.88 Å². The Balaban J connectivity index is 2.72. The summed E-state index contributed by atoms with van der Waals surface area (Å²) < 4.78 is 51.5. The lowest BCUT2D eigenvalue weighted by molar-refractivity contribution is 0.206. The summed E-state index contributed by atoms with van der Waals surface area (Å²) in [6, 6.07) is 2.23. The quantitative estimate of drug-likeness (QED) is 0.821. The maximum absolute atomic E-state index is 13.8. The van der Waals surface area contributed by atoms with Gasteiger partial charge in [-0.25, -0.2) is 27.0 Å². The van der Waals surface area contributed by atoms with E-state index in [0.29, 0.717) is 17.4 Å². The second kappa shape index (κ2) is 6.07. The summed E-state index contributed by atoms with van der Waals surface area (Å²) in [6.45, 7) is 0. The summed E-state index contributed by atoms with van der Waals surface area (Å²) in [5, 5.41) is 17.3. The van der Waals surface area contributed by atoms with Crippen LogP contribution in [0.15, 0.2) is 22.5 Å². The van der Waals surface area contributed by atoms with Crippen LogP contribution >= 0.6 is 22.9 Å². The van der Waals surface area contributed by atoms with Crippen LogP contribution in [0.5, 0.6) is 0 Å². The minimum atomic E-state index is -5.03. The van der Waals surface area contributed by atoms with Crippen LogP contribution in [0.2, 0.25) is 5.02 Å². The number of rotatable bonds is 3. The van der Waals surface area contributed by atoms with Crippen molar-refractivity contribution in [1.29, 1.82) is 5.26 Å². The van der Waals surface area contributed by atoms with Gasteiger partial charge in [0.25, 0.3) is 10.0 Å². The molecule has 0 radical (unpaired) electrons. The Kier molecular flexibility index (Phi) is 4.51. The van der Waals surface area contributed by atoms with Crippen LogP contribution in [0.25, 0.3) is 0 Å². The highest BCUT2D eigenvalue weighted by Crippen LogP contribution is 2.31. The molecule has 0 aliphatic rings. The number of hydrogen-bond acceptors (Lipinski definition) is 6. The molecule has 120 valence electrons. The molecule has 12 heteroatoms. The Bertz CT molecular complexity index is 939. The number of carbonyl (C=O) groups is 1. The van der Waals surface area contributed by atoms with Gasteiger partial charge in [0.15, 0.2) is 10.7 Å². The zero-order valence-corrected chi connectivity index (χ0v) is 13.1. The molecule has 0 saturated heterocycles. The molecule has 1 heterocycles. The fourth-order valence-electron chi connectivity index (χ4n) is 1.57. The van der Waals surface area contributed by atoms with Crippen LogP contribution in [0.3, 0.4) is 0 Å². The highest BCUT2D eigenvalue weighted by atomic mass is 35.5. The Morgan fingerprint density at radius 1 is 1.39 bits per heavy atom. The first-order valence-electron chi connectivity index (χ1n) is 5.46. The number of halogens is 3. The smallest absolute Gasteiger partial charge is 0.427 e. The molecule has 1 aromatic carbocycles. The van der Waals surface area contributed by atoms with Crippen molar-refractivity contribution in [1.82, 2.24) is 4.98 Å². The van der Waals surface area contributed by atoms with Crippen molar-refractivity contribution >= 4 is 44.9 Å². The first-order chi connectivity index (χ1) is 10.7. The third kappa shape index (κ3) is 2.96. The second-order valence-electron chi connectivity index (χ2n) is 3.87. The van der Waals surface area contributed by atoms with Crippen LogP contribution in [0.4, 0.5) is 19.4 Å². The van der Waals surface area contributed by atoms with Gasteiger partial charge in [0.05, 0.1) is 10.5 Å². The summed E-state index contributed by atoms with van der Waals surface area (Å²) in [5.41, 5.74) is 1.05. The van der Waals surface area contributed by atoms with E-state index >= 15 is 0 Å². The van der Waals surface area contributed by atoms with Crippen molar-refractivity contribution in [2.24, 2.45) is 0 Å². The number of sulfonamides is 1. The number of nitrogens with zero attached hydrogens (tertiary/aromatic N) is 3. The molecule has 1 aromatic heterocycles. The van der Waals surface area contributed by atoms with Gasteiger partial charge in [0.2, 0.25) is 0 Å². The standard InChI is InChI=1S/C11H4ClF2N3O4S2/c12-5-1-9(7(14)2-6(5)13)23(20,21)17(11(18)19)10-8(3-15)22-4-16-10/h1-2,4H,(H,18,19). The minimum Gasteiger partial charge on any atom is -0.464 e. The van der Waals surface area contributed by atoms with Gasteiger partial charge in [-0.05, 0) is 6.07 Å². The Labute approximate surface area is 137 Å². The van der Waals surface area contributed by atoms with Crippen LogP contribution in [0, 0.1) is 23.0 Å². The SMILES string of the molecule is N#Cc1scnc1N(C(=O)O)S(=O)(=O)c1cc(Cl)c(F)cc1F. The number of thiazole rings is 1. The predicted octanol–water partition coefficient (Wildman–Crippen LogP) is 2.82. The summed E-state index contributed by atoms with van der Waals surface area (Å²) in [5.74, 6) is -3.45. The van der Waals surface area contributed by atoms with Crippen molar-refractivity contribution in [2.75, 3.05) is 4.31 Å². The number of amides is 1. The lowest BCUT2D eigenvalue weighted by Crippen LogP contribution is -2.37. The van der Waals surface area contributed by atoms with Crippen molar-refractivity contribution in [3.63, 3.8) is 0 Å². The first kappa shape index (κ1) is 17.1. The molecular formula is C11H4ClF2N3O4S2. The van der Waals surface area contributed by atoms with Crippen molar-refractivity contribution in [3.8, 4) is 6.07 Å². The van der Waals surface area contributed by atoms with Crippen LogP contribution in [-0.4, -0.2) is 24.6 Å². The molecule has 7 nitrogen and oxygen atoms in total. The van der Waals surface area contributed by atoms with Gasteiger partial charge in [-0.2, -0.15) is 5.26 Å². The average molecular weight is 380 g/mol. The molecule has 23 heavy (non-hydrogen) atoms. The van der Waals surface area contributed by atoms with Crippen molar-refractivity contribution < 1.29 is 27.1 Å². The van der Waals surface area contributed by atoms with Gasteiger partial charge in [-0.15, -0.1) is 15.6 Å². The minimum absolute atomic E-state index is 0.210. The maximum Gasteiger partial charge on any atom is 0.427 e. The number of aromatic nitrogens is 1. The van der Waals surface area contributed by atoms with E-state index in [9.17, 15) is 22.0 Å². The number of anilines is 1. The molecule has 0 aliphatic heterocycles. The number of carboxylic acid groups (broad SMARTS) is 1. The zero-order chi connectivity index (χ0) is 17.4. The first-order valence-corrected chi connectivity index (χ1v) is 8.16. The highest BCUT2D eigenvalue weighted by Gasteiger charge is 2.37. The molecule has 0 saturated carbocycles. The molecule has 1 amide bonds. The van der Waals surface area contributed by atoms with E-state index in [2.05, 4.69) is 4.98 Å². The van der Waals surface area contributed by atoms with E-state index in [-0.39, 0.29) is 15.2 Å². The van der Waals surface area contributed by atoms with Gasteiger partial charge in [0, 0.05) is 6.07 Å². The fraction of sp³-hybridized carbons (Fsp3) is 0. The summed E-state index contributed by atoms with van der Waals surface area (Å²) in [6.07, 6.45) is -2.02. The van der Waals surface area contributed by atoms with E-state index in [4.69, 9.17) is 22.0 Å². The van der Waals surface area contributed by atoms with Crippen LogP contribution in [-0.2, 0) is 10.0 Å². The summed E-state index contributed by atoms with van der Waals surface area (Å²) in [4.78, 5) is 13.3. The van der Waals surface area contributed by atoms with Gasteiger partial charge in [-0.3, -0.25) is 0 Å². The van der Waals surface area contributed by atoms with E-state index in [1.807, 2.05) is 0 Å². The lowest BCUT2D eigenvalue weighted by atomic mass is 10.3. The lowest BCUT2D eigenvalue weighted by Gasteiger charge is -2.17. The van der Waals surface area contributed by atoms with E-state index in [0.717, 1.165) is 5.51 Å². The molecule has 0 fully saturated rings. The number of hydrogen-bond donors (Lipinski definition) is 1. The number of benzene rings is 1. The molecule has 1 N–H and O–H groups in total. The van der Waals surface area contributed by atoms with Crippen molar-refractivity contribution in [2.45, 2.75) is 4.90 Å². The molecule has 0 atom stereocenters. The third-order valence-corrected chi connectivity index (χ3v) is 5.20. The Hall–Kier alpha value is -2.29. The maximum atomic E-state index is 13.8. The van der Waals surface area contributed by atoms with E-state index in [1.54, 1.807) is 6.07 Å². The molecule has 0 unspecified atom stereocenters. The molecular weight excluding hydrogens is 376 g/mol. The summed E-state index contributed by atoms with van der Waals surface area (Å²) in [7, 11) is -5.03. The van der Waals surface area contributed by atoms with E-state index < -0.39 is 43.5 Å². The van der Waals surface area contributed by atoms with Crippen LogP contribution < -0.4 is 4.31 Å². The third-order valence-electron chi connectivity index (χ3n) is 2.51. The number of nitriles is 1. The summed E-state index contributed by atoms with van der Waals surface area (Å²) >= 11 is 6.12. The molecule has 0 bridgehead atoms. The largest absolute Gasteiger partial charge is 0.464 e. The molecule has 0 aliphatic carbocycles. The normalized spacial score (nSPS) is 11.0. The van der Waals surface area contributed by atoms with Gasteiger partial charge in [-0.1, -0.05) is 11.6 Å². The average Bonchev–Trinajstić information content (AvgIpc) is 2.89. The van der Waals surface area contributed by atoms with E-state index in [1.165, 1.54) is 0 Å². The fourth-order valence-corrected chi connectivity index (χ4v) is 3.76. The topological polar surface area (TPSA) is 111 Å². The molecule has 0 spiro atoms. The predicted molar refractivity (Wildman–Crippen MR) is 75.9 cm³/mol. The van der Waals surface area contributed by atoms with Gasteiger partial charge in [0.1, 0.15) is 22.6 Å². The van der Waals surface area contributed by atoms with Gasteiger partial charge >= 0.3 is 6.09 Å². The Morgan fingerprint density at radius 2 is 2.04 bits per heavy atom. The molecule has 2 aromatic rings. The Morgan fingerprint density at radius 3 is 2.61 bits per heavy atom. The van der Waals surface area contributed by atoms with Gasteiger partial charge < -0.3 is 5.11 Å². The zero-order valence-electron chi connectivity index (χ0n) is 10.7. The second-order valence-corrected chi connectivity index (χ2v) is 6.88. The highest BCUT2D eigenvalue weighted by molar-refractivity contribution is 7.93. The van der Waals surface area contributed by atoms with Crippen molar-refractivity contribution in [3.05, 3.63) is 39.2 Å². The monoisotopic (exact) mass is 379 g/mol.